The lowest BCUT2D eigenvalue weighted by Gasteiger charge is -2.08. The van der Waals surface area contributed by atoms with Gasteiger partial charge in [-0.25, -0.2) is 4.98 Å². The van der Waals surface area contributed by atoms with Crippen LogP contribution in [0.15, 0.2) is 30.3 Å². The van der Waals surface area contributed by atoms with Crippen molar-refractivity contribution in [2.24, 2.45) is 0 Å². The van der Waals surface area contributed by atoms with E-state index in [-0.39, 0.29) is 18.1 Å². The third kappa shape index (κ3) is 2.57. The summed E-state index contributed by atoms with van der Waals surface area (Å²) in [5, 5.41) is 12.5. The molecule has 0 unspecified atom stereocenters. The summed E-state index contributed by atoms with van der Waals surface area (Å²) in [6.45, 7) is 1.79. The molecule has 18 heavy (non-hydrogen) atoms. The third-order valence-corrected chi connectivity index (χ3v) is 2.54. The molecule has 5 nitrogen and oxygen atoms in total. The van der Waals surface area contributed by atoms with Crippen LogP contribution in [0.5, 0.6) is 0 Å². The zero-order valence-electron chi connectivity index (χ0n) is 10.1. The standard InChI is InChI=1S/C13H15N3O2/c1-8(17)7-15-13(18)12-6-10(14)9-4-2-3-5-11(9)16-12/h2-6,8,17H,7H2,1H3,(H2,14,16)(H,15,18)/t8-/m1/s1. The highest BCUT2D eigenvalue weighted by Crippen LogP contribution is 2.19. The minimum absolute atomic E-state index is 0.188. The predicted octanol–water partition coefficient (Wildman–Crippen LogP) is 0.928. The van der Waals surface area contributed by atoms with Crippen LogP contribution in [0.3, 0.4) is 0 Å². The molecule has 1 aromatic heterocycles. The van der Waals surface area contributed by atoms with Crippen LogP contribution in [-0.4, -0.2) is 28.6 Å². The zero-order chi connectivity index (χ0) is 13.1. The predicted molar refractivity (Wildman–Crippen MR) is 70.2 cm³/mol. The summed E-state index contributed by atoms with van der Waals surface area (Å²) in [5.74, 6) is -0.339. The maximum absolute atomic E-state index is 11.8. The van der Waals surface area contributed by atoms with E-state index in [1.165, 1.54) is 0 Å². The van der Waals surface area contributed by atoms with Crippen molar-refractivity contribution in [1.82, 2.24) is 10.3 Å². The number of hydrogen-bond donors (Lipinski definition) is 3. The lowest BCUT2D eigenvalue weighted by molar-refractivity contribution is 0.0919. The quantitative estimate of drug-likeness (QED) is 0.750. The number of amides is 1. The maximum atomic E-state index is 11.8. The van der Waals surface area contributed by atoms with E-state index in [9.17, 15) is 4.79 Å². The molecule has 0 saturated heterocycles. The van der Waals surface area contributed by atoms with E-state index < -0.39 is 6.10 Å². The Morgan fingerprint density at radius 1 is 1.50 bits per heavy atom. The number of nitrogens with one attached hydrogen (secondary N) is 1. The minimum atomic E-state index is -0.591. The molecule has 0 radical (unpaired) electrons. The normalized spacial score (nSPS) is 12.3. The van der Waals surface area contributed by atoms with Crippen molar-refractivity contribution >= 4 is 22.5 Å². The van der Waals surface area contributed by atoms with E-state index in [2.05, 4.69) is 10.3 Å². The molecule has 4 N–H and O–H groups in total. The molecule has 1 amide bonds. The number of hydrogen-bond acceptors (Lipinski definition) is 4. The molecule has 94 valence electrons. The van der Waals surface area contributed by atoms with Gasteiger partial charge in [-0.3, -0.25) is 4.79 Å². The first-order valence-electron chi connectivity index (χ1n) is 5.69. The van der Waals surface area contributed by atoms with Crippen LogP contribution in [0.1, 0.15) is 17.4 Å². The number of carbonyl (C=O) groups excluding carboxylic acids is 1. The highest BCUT2D eigenvalue weighted by Gasteiger charge is 2.10. The van der Waals surface area contributed by atoms with Gasteiger partial charge in [0, 0.05) is 17.6 Å². The fourth-order valence-electron chi connectivity index (χ4n) is 1.65. The van der Waals surface area contributed by atoms with E-state index in [1.54, 1.807) is 19.1 Å². The Morgan fingerprint density at radius 3 is 2.94 bits per heavy atom. The topological polar surface area (TPSA) is 88.2 Å². The summed E-state index contributed by atoms with van der Waals surface area (Å²) in [7, 11) is 0. The van der Waals surface area contributed by atoms with Crippen molar-refractivity contribution in [2.75, 3.05) is 12.3 Å². The number of aliphatic hydroxyl groups is 1. The van der Waals surface area contributed by atoms with E-state index >= 15 is 0 Å². The number of carbonyl (C=O) groups is 1. The van der Waals surface area contributed by atoms with Gasteiger partial charge in [-0.15, -0.1) is 0 Å². The molecule has 1 aromatic carbocycles. The Kier molecular flexibility index (Phi) is 3.43. The van der Waals surface area contributed by atoms with Gasteiger partial charge in [-0.05, 0) is 19.1 Å². The smallest absolute Gasteiger partial charge is 0.270 e. The molecular weight excluding hydrogens is 230 g/mol. The Morgan fingerprint density at radius 2 is 2.22 bits per heavy atom. The van der Waals surface area contributed by atoms with Gasteiger partial charge in [-0.2, -0.15) is 0 Å². The summed E-state index contributed by atoms with van der Waals surface area (Å²) in [6.07, 6.45) is -0.591. The highest BCUT2D eigenvalue weighted by molar-refractivity contribution is 5.99. The van der Waals surface area contributed by atoms with Crippen LogP contribution in [0.4, 0.5) is 5.69 Å². The van der Waals surface area contributed by atoms with Crippen LogP contribution in [0, 0.1) is 0 Å². The van der Waals surface area contributed by atoms with E-state index in [0.29, 0.717) is 11.2 Å². The molecule has 2 aromatic rings. The third-order valence-electron chi connectivity index (χ3n) is 2.54. The highest BCUT2D eigenvalue weighted by atomic mass is 16.3. The van der Waals surface area contributed by atoms with E-state index in [0.717, 1.165) is 5.39 Å². The molecule has 0 saturated carbocycles. The molecule has 0 aliphatic heterocycles. The van der Waals surface area contributed by atoms with Crippen LogP contribution in [-0.2, 0) is 0 Å². The number of anilines is 1. The van der Waals surface area contributed by atoms with Gasteiger partial charge in [0.25, 0.3) is 5.91 Å². The van der Waals surface area contributed by atoms with Crippen molar-refractivity contribution in [1.29, 1.82) is 0 Å². The molecule has 0 aliphatic rings. The Bertz CT molecular complexity index is 581. The van der Waals surface area contributed by atoms with Gasteiger partial charge in [0.2, 0.25) is 0 Å². The number of nitrogen functional groups attached to an aromatic ring is 1. The molecule has 0 bridgehead atoms. The summed E-state index contributed by atoms with van der Waals surface area (Å²) < 4.78 is 0. The molecule has 2 rings (SSSR count). The van der Waals surface area contributed by atoms with E-state index in [4.69, 9.17) is 10.8 Å². The van der Waals surface area contributed by atoms with Crippen LogP contribution in [0.2, 0.25) is 0 Å². The summed E-state index contributed by atoms with van der Waals surface area (Å²) >= 11 is 0. The van der Waals surface area contributed by atoms with Gasteiger partial charge in [0.05, 0.1) is 11.6 Å². The number of fused-ring (bicyclic) bond motifs is 1. The Labute approximate surface area is 105 Å². The Balaban J connectivity index is 2.31. The van der Waals surface area contributed by atoms with Gasteiger partial charge in [0.15, 0.2) is 0 Å². The molecule has 1 atom stereocenters. The number of pyridine rings is 1. The first-order chi connectivity index (χ1) is 8.58. The fourth-order valence-corrected chi connectivity index (χ4v) is 1.65. The monoisotopic (exact) mass is 245 g/mol. The van der Waals surface area contributed by atoms with Crippen molar-refractivity contribution in [3.63, 3.8) is 0 Å². The average molecular weight is 245 g/mol. The van der Waals surface area contributed by atoms with Crippen LogP contribution in [0.25, 0.3) is 10.9 Å². The second kappa shape index (κ2) is 5.01. The molecule has 0 fully saturated rings. The lowest BCUT2D eigenvalue weighted by atomic mass is 10.1. The maximum Gasteiger partial charge on any atom is 0.270 e. The Hall–Kier alpha value is -2.14. The molecule has 5 heteroatoms. The first kappa shape index (κ1) is 12.3. The number of aliphatic hydroxyl groups excluding tert-OH is 1. The van der Waals surface area contributed by atoms with Crippen molar-refractivity contribution in [2.45, 2.75) is 13.0 Å². The molecular formula is C13H15N3O2. The minimum Gasteiger partial charge on any atom is -0.398 e. The van der Waals surface area contributed by atoms with Gasteiger partial charge >= 0.3 is 0 Å². The number of rotatable bonds is 3. The van der Waals surface area contributed by atoms with Crippen LogP contribution < -0.4 is 11.1 Å². The number of benzene rings is 1. The lowest BCUT2D eigenvalue weighted by Crippen LogP contribution is -2.31. The van der Waals surface area contributed by atoms with E-state index in [1.807, 2.05) is 18.2 Å². The van der Waals surface area contributed by atoms with Gasteiger partial charge in [-0.1, -0.05) is 18.2 Å². The van der Waals surface area contributed by atoms with Crippen molar-refractivity contribution in [3.8, 4) is 0 Å². The fraction of sp³-hybridized carbons (Fsp3) is 0.231. The second-order valence-corrected chi connectivity index (χ2v) is 4.17. The number of nitrogens with zero attached hydrogens (tertiary/aromatic N) is 1. The van der Waals surface area contributed by atoms with Gasteiger partial charge in [0.1, 0.15) is 5.69 Å². The first-order valence-corrected chi connectivity index (χ1v) is 5.69. The molecule has 1 heterocycles. The summed E-state index contributed by atoms with van der Waals surface area (Å²) in [5.41, 5.74) is 7.33. The number of nitrogens with two attached hydrogens (primary N) is 1. The van der Waals surface area contributed by atoms with Gasteiger partial charge < -0.3 is 16.2 Å². The molecule has 0 aliphatic carbocycles. The zero-order valence-corrected chi connectivity index (χ0v) is 10.1. The second-order valence-electron chi connectivity index (χ2n) is 4.17. The van der Waals surface area contributed by atoms with Crippen LogP contribution >= 0.6 is 0 Å². The summed E-state index contributed by atoms with van der Waals surface area (Å²) in [4.78, 5) is 16.0. The molecule has 0 spiro atoms. The number of aromatic nitrogens is 1. The van der Waals surface area contributed by atoms with Crippen molar-refractivity contribution < 1.29 is 9.90 Å². The SMILES string of the molecule is C[C@@H](O)CNC(=O)c1cc(N)c2ccccc2n1. The number of para-hydroxylation sites is 1. The largest absolute Gasteiger partial charge is 0.398 e. The average Bonchev–Trinajstić information content (AvgIpc) is 2.36. The van der Waals surface area contributed by atoms with Crippen molar-refractivity contribution in [3.05, 3.63) is 36.0 Å². The summed E-state index contributed by atoms with van der Waals surface area (Å²) in [6, 6.07) is 8.91.